The third kappa shape index (κ3) is 4.73. The van der Waals surface area contributed by atoms with Gasteiger partial charge < -0.3 is 9.80 Å². The van der Waals surface area contributed by atoms with Crippen molar-refractivity contribution in [2.45, 2.75) is 52.5 Å². The minimum Gasteiger partial charge on any atom is -0.320 e. The van der Waals surface area contributed by atoms with Crippen molar-refractivity contribution in [3.63, 3.8) is 0 Å². The minimum atomic E-state index is 0.146. The van der Waals surface area contributed by atoms with Gasteiger partial charge in [-0.2, -0.15) is 0 Å². The van der Waals surface area contributed by atoms with E-state index >= 15 is 0 Å². The van der Waals surface area contributed by atoms with E-state index in [0.717, 1.165) is 25.8 Å². The Morgan fingerprint density at radius 3 is 2.43 bits per heavy atom. The van der Waals surface area contributed by atoms with E-state index < -0.39 is 0 Å². The molecule has 2 fully saturated rings. The zero-order valence-corrected chi connectivity index (χ0v) is 13.5. The molecule has 2 aliphatic heterocycles. The van der Waals surface area contributed by atoms with Gasteiger partial charge in [0.2, 0.25) is 5.91 Å². The lowest BCUT2D eigenvalue weighted by Gasteiger charge is -2.26. The molecule has 4 heteroatoms. The van der Waals surface area contributed by atoms with Crippen LogP contribution >= 0.6 is 0 Å². The average Bonchev–Trinajstić information content (AvgIpc) is 3.10. The highest BCUT2D eigenvalue weighted by molar-refractivity contribution is 5.98. The van der Waals surface area contributed by atoms with Gasteiger partial charge in [0.25, 0.3) is 5.91 Å². The van der Waals surface area contributed by atoms with Crippen molar-refractivity contribution in [1.82, 2.24) is 9.80 Å². The van der Waals surface area contributed by atoms with E-state index in [0.29, 0.717) is 18.3 Å². The monoisotopic (exact) mass is 292 g/mol. The predicted molar refractivity (Wildman–Crippen MR) is 85.2 cm³/mol. The Kier molecular flexibility index (Phi) is 6.66. The van der Waals surface area contributed by atoms with Crippen molar-refractivity contribution < 1.29 is 9.59 Å². The van der Waals surface area contributed by atoms with E-state index in [9.17, 15) is 9.59 Å². The SMILES string of the molecule is C=CN1C(=O)C1C(C)CCC.C=CN1CCC(C)CC1=O. The van der Waals surface area contributed by atoms with Crippen LogP contribution in [0, 0.1) is 11.8 Å². The maximum Gasteiger partial charge on any atom is 0.250 e. The molecule has 0 aromatic carbocycles. The summed E-state index contributed by atoms with van der Waals surface area (Å²) in [4.78, 5) is 25.5. The highest BCUT2D eigenvalue weighted by atomic mass is 16.2. The third-order valence-corrected chi connectivity index (χ3v) is 4.15. The highest BCUT2D eigenvalue weighted by Gasteiger charge is 2.46. The quantitative estimate of drug-likeness (QED) is 0.730. The van der Waals surface area contributed by atoms with Gasteiger partial charge in [-0.25, -0.2) is 0 Å². The molecule has 2 aliphatic rings. The maximum atomic E-state index is 11.1. The molecule has 0 spiro atoms. The van der Waals surface area contributed by atoms with Crippen LogP contribution in [0.2, 0.25) is 0 Å². The van der Waals surface area contributed by atoms with Crippen molar-refractivity contribution >= 4 is 11.8 Å². The van der Waals surface area contributed by atoms with E-state index in [2.05, 4.69) is 33.9 Å². The summed E-state index contributed by atoms with van der Waals surface area (Å²) in [6, 6.07) is 0.146. The van der Waals surface area contributed by atoms with Gasteiger partial charge in [0, 0.05) is 19.2 Å². The van der Waals surface area contributed by atoms with Gasteiger partial charge in [-0.15, -0.1) is 0 Å². The summed E-state index contributed by atoms with van der Waals surface area (Å²) in [5.74, 6) is 1.50. The average molecular weight is 292 g/mol. The molecule has 0 aliphatic carbocycles. The van der Waals surface area contributed by atoms with Crippen molar-refractivity contribution in [3.8, 4) is 0 Å². The van der Waals surface area contributed by atoms with Crippen LogP contribution in [-0.4, -0.2) is 34.2 Å². The molecule has 0 aromatic heterocycles. The topological polar surface area (TPSA) is 40.4 Å². The Balaban J connectivity index is 0.000000211. The molecule has 0 aromatic rings. The van der Waals surface area contributed by atoms with Crippen LogP contribution in [0.3, 0.4) is 0 Å². The Morgan fingerprint density at radius 2 is 2.00 bits per heavy atom. The summed E-state index contributed by atoms with van der Waals surface area (Å²) in [7, 11) is 0. The molecule has 2 saturated heterocycles. The fourth-order valence-corrected chi connectivity index (χ4v) is 2.74. The Morgan fingerprint density at radius 1 is 1.33 bits per heavy atom. The Labute approximate surface area is 128 Å². The van der Waals surface area contributed by atoms with Gasteiger partial charge in [0.1, 0.15) is 6.04 Å². The summed E-state index contributed by atoms with van der Waals surface area (Å²) in [5.41, 5.74) is 0. The molecule has 2 heterocycles. The van der Waals surface area contributed by atoms with Gasteiger partial charge in [-0.3, -0.25) is 9.59 Å². The summed E-state index contributed by atoms with van der Waals surface area (Å²) in [6.07, 6.45) is 7.31. The maximum absolute atomic E-state index is 11.1. The van der Waals surface area contributed by atoms with Crippen LogP contribution in [0.25, 0.3) is 0 Å². The first-order valence-electron chi connectivity index (χ1n) is 7.82. The van der Waals surface area contributed by atoms with Crippen LogP contribution in [0.15, 0.2) is 25.6 Å². The summed E-state index contributed by atoms with van der Waals surface area (Å²) >= 11 is 0. The van der Waals surface area contributed by atoms with Crippen molar-refractivity contribution in [3.05, 3.63) is 25.6 Å². The molecule has 0 radical (unpaired) electrons. The van der Waals surface area contributed by atoms with Gasteiger partial charge in [-0.1, -0.05) is 40.3 Å². The zero-order valence-electron chi connectivity index (χ0n) is 13.5. The largest absolute Gasteiger partial charge is 0.320 e. The van der Waals surface area contributed by atoms with Crippen LogP contribution in [0.1, 0.15) is 46.5 Å². The molecule has 21 heavy (non-hydrogen) atoms. The number of hydrogen-bond acceptors (Lipinski definition) is 2. The summed E-state index contributed by atoms with van der Waals surface area (Å²) in [5, 5.41) is 0. The van der Waals surface area contributed by atoms with E-state index in [-0.39, 0.29) is 17.9 Å². The molecule has 0 N–H and O–H groups in total. The van der Waals surface area contributed by atoms with E-state index in [1.165, 1.54) is 0 Å². The predicted octanol–water partition coefficient (Wildman–Crippen LogP) is 3.17. The van der Waals surface area contributed by atoms with Crippen molar-refractivity contribution in [2.24, 2.45) is 11.8 Å². The van der Waals surface area contributed by atoms with Gasteiger partial charge in [-0.05, 0) is 30.9 Å². The fourth-order valence-electron chi connectivity index (χ4n) is 2.74. The fraction of sp³-hybridized carbons (Fsp3) is 0.647. The number of hydrogen-bond donors (Lipinski definition) is 0. The second kappa shape index (κ2) is 8.01. The standard InChI is InChI=1S/C9H15NO.C8H13NO/c1-4-6-7(3)8-9(11)10(8)5-2;1-3-9-5-4-7(2)6-8(9)10/h5,7-8H,2,4,6H2,1,3H3;3,7H,1,4-6H2,2H3. The first kappa shape index (κ1) is 17.5. The van der Waals surface area contributed by atoms with Crippen LogP contribution in [-0.2, 0) is 9.59 Å². The number of piperidine rings is 1. The zero-order chi connectivity index (χ0) is 16.0. The molecular formula is C17H28N2O2. The molecule has 0 bridgehead atoms. The molecule has 2 rings (SSSR count). The second-order valence-corrected chi connectivity index (χ2v) is 6.01. The summed E-state index contributed by atoms with van der Waals surface area (Å²) in [6.45, 7) is 14.4. The smallest absolute Gasteiger partial charge is 0.250 e. The number of amides is 2. The second-order valence-electron chi connectivity index (χ2n) is 6.01. The lowest BCUT2D eigenvalue weighted by molar-refractivity contribution is -0.131. The number of rotatable bonds is 5. The number of carbonyl (C=O) groups excluding carboxylic acids is 2. The number of nitrogens with zero attached hydrogens (tertiary/aromatic N) is 2. The van der Waals surface area contributed by atoms with Crippen LogP contribution in [0.5, 0.6) is 0 Å². The molecule has 3 unspecified atom stereocenters. The van der Waals surface area contributed by atoms with E-state index in [1.807, 2.05) is 0 Å². The van der Waals surface area contributed by atoms with Gasteiger partial charge in [0.05, 0.1) is 0 Å². The van der Waals surface area contributed by atoms with Crippen LogP contribution < -0.4 is 0 Å². The van der Waals surface area contributed by atoms with Gasteiger partial charge >= 0.3 is 0 Å². The summed E-state index contributed by atoms with van der Waals surface area (Å²) < 4.78 is 0. The molecule has 0 saturated carbocycles. The van der Waals surface area contributed by atoms with E-state index in [4.69, 9.17) is 0 Å². The van der Waals surface area contributed by atoms with Crippen molar-refractivity contribution in [1.29, 1.82) is 0 Å². The number of likely N-dealkylation sites (tertiary alicyclic amines) is 1. The molecular weight excluding hydrogens is 264 g/mol. The highest BCUT2D eigenvalue weighted by Crippen LogP contribution is 2.29. The number of carbonyl (C=O) groups is 2. The lowest BCUT2D eigenvalue weighted by atomic mass is 9.99. The van der Waals surface area contributed by atoms with E-state index in [1.54, 1.807) is 22.2 Å². The first-order chi connectivity index (χ1) is 9.96. The third-order valence-electron chi connectivity index (χ3n) is 4.15. The van der Waals surface area contributed by atoms with Crippen LogP contribution in [0.4, 0.5) is 0 Å². The molecule has 2 amide bonds. The molecule has 3 atom stereocenters. The first-order valence-corrected chi connectivity index (χ1v) is 7.82. The molecule has 4 nitrogen and oxygen atoms in total. The van der Waals surface area contributed by atoms with Gasteiger partial charge in [0.15, 0.2) is 0 Å². The normalized spacial score (nSPS) is 25.9. The minimum absolute atomic E-state index is 0.146. The molecule has 118 valence electrons. The lowest BCUT2D eigenvalue weighted by Crippen LogP contribution is -2.33. The van der Waals surface area contributed by atoms with Crippen molar-refractivity contribution in [2.75, 3.05) is 6.54 Å². The Bertz CT molecular complexity index is 406. The Hall–Kier alpha value is -1.58.